The molecule has 1 spiro atoms. The molecule has 0 radical (unpaired) electrons. The summed E-state index contributed by atoms with van der Waals surface area (Å²) in [5.74, 6) is -0.701. The molecule has 6 heteroatoms. The maximum absolute atomic E-state index is 12.7. The second kappa shape index (κ2) is 6.94. The fraction of sp³-hybridized carbons (Fsp3) is 0.450. The molecule has 6 nitrogen and oxygen atoms in total. The van der Waals surface area contributed by atoms with Crippen molar-refractivity contribution in [3.8, 4) is 0 Å². The first-order valence-corrected chi connectivity index (χ1v) is 9.19. The molecule has 136 valence electrons. The van der Waals surface area contributed by atoms with Crippen molar-refractivity contribution in [3.05, 3.63) is 53.9 Å². The number of carbonyl (C=O) groups is 2. The molecule has 1 atom stereocenters. The fourth-order valence-corrected chi connectivity index (χ4v) is 4.11. The minimum Gasteiger partial charge on any atom is -0.458 e. The average Bonchev–Trinajstić information content (AvgIpc) is 3.36. The summed E-state index contributed by atoms with van der Waals surface area (Å²) in [5, 5.41) is 7.32. The Morgan fingerprint density at radius 1 is 1.23 bits per heavy atom. The summed E-state index contributed by atoms with van der Waals surface area (Å²) in [6, 6.07) is 10.1. The zero-order valence-electron chi connectivity index (χ0n) is 14.7. The van der Waals surface area contributed by atoms with Crippen LogP contribution in [0.3, 0.4) is 0 Å². The molecule has 1 N–H and O–H groups in total. The van der Waals surface area contributed by atoms with Crippen molar-refractivity contribution in [1.82, 2.24) is 15.1 Å². The average molecular weight is 353 g/mol. The van der Waals surface area contributed by atoms with Crippen molar-refractivity contribution in [3.63, 3.8) is 0 Å². The van der Waals surface area contributed by atoms with Crippen LogP contribution in [0.5, 0.6) is 0 Å². The highest BCUT2D eigenvalue weighted by Crippen LogP contribution is 2.45. The lowest BCUT2D eigenvalue weighted by Gasteiger charge is -2.27. The van der Waals surface area contributed by atoms with Crippen molar-refractivity contribution < 1.29 is 14.3 Å². The molecule has 1 unspecified atom stereocenters. The Balaban J connectivity index is 1.35. The second-order valence-corrected chi connectivity index (χ2v) is 7.25. The molecule has 26 heavy (non-hydrogen) atoms. The molecule has 1 aliphatic carbocycles. The number of hydrogen-bond acceptors (Lipinski definition) is 4. The summed E-state index contributed by atoms with van der Waals surface area (Å²) < 4.78 is 7.41. The molecule has 2 aromatic rings. The molecule has 2 aliphatic rings. The Morgan fingerprint density at radius 2 is 2.00 bits per heavy atom. The van der Waals surface area contributed by atoms with Crippen molar-refractivity contribution in [2.75, 3.05) is 0 Å². The quantitative estimate of drug-likeness (QED) is 0.838. The number of benzene rings is 1. The van der Waals surface area contributed by atoms with Crippen molar-refractivity contribution in [2.24, 2.45) is 5.92 Å². The van der Waals surface area contributed by atoms with E-state index in [0.29, 0.717) is 13.1 Å². The highest BCUT2D eigenvalue weighted by atomic mass is 16.6. The van der Waals surface area contributed by atoms with Gasteiger partial charge in [-0.25, -0.2) is 0 Å². The molecule has 1 amide bonds. The van der Waals surface area contributed by atoms with E-state index in [0.717, 1.165) is 31.2 Å². The number of nitrogens with one attached hydrogen (secondary N) is 1. The van der Waals surface area contributed by atoms with Gasteiger partial charge in [0.25, 0.3) is 0 Å². The molecular formula is C20H23N3O3. The van der Waals surface area contributed by atoms with Crippen LogP contribution in [0.25, 0.3) is 0 Å². The maximum atomic E-state index is 12.7. The topological polar surface area (TPSA) is 73.2 Å². The molecule has 0 bridgehead atoms. The summed E-state index contributed by atoms with van der Waals surface area (Å²) in [6.45, 7) is 1.11. The number of ether oxygens (including phenoxy) is 1. The molecule has 1 aromatic carbocycles. The third-order valence-electron chi connectivity index (χ3n) is 5.43. The van der Waals surface area contributed by atoms with Crippen molar-refractivity contribution in [1.29, 1.82) is 0 Å². The van der Waals surface area contributed by atoms with Crippen LogP contribution in [0.4, 0.5) is 0 Å². The van der Waals surface area contributed by atoms with Gasteiger partial charge < -0.3 is 10.1 Å². The number of carbonyl (C=O) groups excluding carboxylic acids is 2. The monoisotopic (exact) mass is 353 g/mol. The van der Waals surface area contributed by atoms with Crippen LogP contribution in [0.2, 0.25) is 0 Å². The predicted octanol–water partition coefficient (Wildman–Crippen LogP) is 2.42. The minimum absolute atomic E-state index is 0.0893. The van der Waals surface area contributed by atoms with Crippen LogP contribution in [-0.2, 0) is 27.4 Å². The highest BCUT2D eigenvalue weighted by molar-refractivity contribution is 5.87. The highest BCUT2D eigenvalue weighted by Gasteiger charge is 2.53. The van der Waals surface area contributed by atoms with Crippen molar-refractivity contribution in [2.45, 2.75) is 50.8 Å². The minimum atomic E-state index is -0.557. The normalized spacial score (nSPS) is 21.1. The number of esters is 1. The van der Waals surface area contributed by atoms with E-state index in [1.165, 1.54) is 5.56 Å². The van der Waals surface area contributed by atoms with E-state index in [9.17, 15) is 9.59 Å². The van der Waals surface area contributed by atoms with Gasteiger partial charge in [-0.3, -0.25) is 14.3 Å². The second-order valence-electron chi connectivity index (χ2n) is 7.25. The molecule has 2 fully saturated rings. The Bertz CT molecular complexity index is 794. The SMILES string of the molecule is O=C1CC(C(=O)NCc2cnn(Cc3ccccc3)c2)C2(CCCC2)O1. The predicted molar refractivity (Wildman–Crippen MR) is 95.0 cm³/mol. The van der Waals surface area contributed by atoms with Crippen LogP contribution in [-0.4, -0.2) is 27.3 Å². The van der Waals surface area contributed by atoms with Gasteiger partial charge >= 0.3 is 5.97 Å². The molecule has 1 saturated heterocycles. The number of rotatable bonds is 5. The molecule has 1 aliphatic heterocycles. The van der Waals surface area contributed by atoms with Gasteiger partial charge in [0.1, 0.15) is 5.60 Å². The fourth-order valence-electron chi connectivity index (χ4n) is 4.11. The first-order valence-electron chi connectivity index (χ1n) is 9.19. The summed E-state index contributed by atoms with van der Waals surface area (Å²) >= 11 is 0. The molecule has 1 saturated carbocycles. The zero-order valence-corrected chi connectivity index (χ0v) is 14.7. The third kappa shape index (κ3) is 3.36. The van der Waals surface area contributed by atoms with Crippen LogP contribution in [0.1, 0.15) is 43.2 Å². The lowest BCUT2D eigenvalue weighted by molar-refractivity contribution is -0.149. The Labute approximate surface area is 152 Å². The van der Waals surface area contributed by atoms with Gasteiger partial charge in [-0.05, 0) is 31.2 Å². The Hall–Kier alpha value is -2.63. The number of hydrogen-bond donors (Lipinski definition) is 1. The van der Waals surface area contributed by atoms with Gasteiger partial charge in [-0.2, -0.15) is 5.10 Å². The summed E-state index contributed by atoms with van der Waals surface area (Å²) in [6.07, 6.45) is 7.53. The molecular weight excluding hydrogens is 330 g/mol. The van der Waals surface area contributed by atoms with E-state index in [1.807, 2.05) is 29.1 Å². The first-order chi connectivity index (χ1) is 12.6. The van der Waals surface area contributed by atoms with E-state index >= 15 is 0 Å². The number of aromatic nitrogens is 2. The number of amides is 1. The van der Waals surface area contributed by atoms with E-state index in [4.69, 9.17) is 4.74 Å². The molecule has 4 rings (SSSR count). The van der Waals surface area contributed by atoms with E-state index in [-0.39, 0.29) is 24.2 Å². The van der Waals surface area contributed by atoms with E-state index in [2.05, 4.69) is 22.5 Å². The van der Waals surface area contributed by atoms with E-state index < -0.39 is 5.60 Å². The third-order valence-corrected chi connectivity index (χ3v) is 5.43. The van der Waals surface area contributed by atoms with Crippen LogP contribution < -0.4 is 5.32 Å². The first kappa shape index (κ1) is 16.8. The van der Waals surface area contributed by atoms with Crippen LogP contribution in [0.15, 0.2) is 42.7 Å². The van der Waals surface area contributed by atoms with E-state index in [1.54, 1.807) is 6.20 Å². The summed E-state index contributed by atoms with van der Waals surface area (Å²) in [5.41, 5.74) is 1.56. The molecule has 2 heterocycles. The Morgan fingerprint density at radius 3 is 2.77 bits per heavy atom. The Kier molecular flexibility index (Phi) is 4.49. The zero-order chi connectivity index (χ0) is 18.0. The van der Waals surface area contributed by atoms with Gasteiger partial charge in [0.15, 0.2) is 0 Å². The maximum Gasteiger partial charge on any atom is 0.307 e. The van der Waals surface area contributed by atoms with Gasteiger partial charge in [-0.1, -0.05) is 30.3 Å². The number of nitrogens with zero attached hydrogens (tertiary/aromatic N) is 2. The van der Waals surface area contributed by atoms with Crippen LogP contribution >= 0.6 is 0 Å². The lowest BCUT2D eigenvalue weighted by Crippen LogP contribution is -2.42. The van der Waals surface area contributed by atoms with Crippen molar-refractivity contribution >= 4 is 11.9 Å². The summed E-state index contributed by atoms with van der Waals surface area (Å²) in [4.78, 5) is 24.4. The summed E-state index contributed by atoms with van der Waals surface area (Å²) in [7, 11) is 0. The standard InChI is InChI=1S/C20H23N3O3/c24-18-10-17(20(26-18)8-4-5-9-20)19(25)21-11-16-12-22-23(14-16)13-15-6-2-1-3-7-15/h1-3,6-7,12,14,17H,4-5,8-11,13H2,(H,21,25). The van der Waals surface area contributed by atoms with Crippen LogP contribution in [0, 0.1) is 5.92 Å². The smallest absolute Gasteiger partial charge is 0.307 e. The van der Waals surface area contributed by atoms with Gasteiger partial charge in [-0.15, -0.1) is 0 Å². The van der Waals surface area contributed by atoms with Gasteiger partial charge in [0, 0.05) is 18.3 Å². The lowest BCUT2D eigenvalue weighted by atomic mass is 9.85. The largest absolute Gasteiger partial charge is 0.458 e. The van der Waals surface area contributed by atoms with Gasteiger partial charge in [0.2, 0.25) is 5.91 Å². The van der Waals surface area contributed by atoms with Gasteiger partial charge in [0.05, 0.1) is 25.1 Å². The molecule has 1 aromatic heterocycles.